The molecule has 1 aliphatic rings. The zero-order valence-corrected chi connectivity index (χ0v) is 12.1. The lowest BCUT2D eigenvalue weighted by molar-refractivity contribution is 0.404. The molecule has 0 saturated heterocycles. The van der Waals surface area contributed by atoms with E-state index < -0.39 is 0 Å². The highest BCUT2D eigenvalue weighted by Gasteiger charge is 2.21. The molecule has 1 unspecified atom stereocenters. The summed E-state index contributed by atoms with van der Waals surface area (Å²) < 4.78 is 5.40. The molecule has 3 N–H and O–H groups in total. The first kappa shape index (κ1) is 13.5. The monoisotopic (exact) mass is 282 g/mol. The Bertz CT molecular complexity index is 695. The number of hydrogen-bond donors (Lipinski definition) is 3. The van der Waals surface area contributed by atoms with Crippen LogP contribution in [0.1, 0.15) is 22.7 Å². The lowest BCUT2D eigenvalue weighted by atomic mass is 10.0. The Labute approximate surface area is 124 Å². The molecule has 0 spiro atoms. The zero-order chi connectivity index (χ0) is 14.8. The Morgan fingerprint density at radius 2 is 1.95 bits per heavy atom. The van der Waals surface area contributed by atoms with Crippen LogP contribution in [0.3, 0.4) is 0 Å². The summed E-state index contributed by atoms with van der Waals surface area (Å²) in [6.07, 6.45) is 2.05. The first-order valence-electron chi connectivity index (χ1n) is 6.85. The van der Waals surface area contributed by atoms with Crippen molar-refractivity contribution in [3.8, 4) is 11.5 Å². The Balaban J connectivity index is 1.96. The number of hydrogen-bond acceptors (Lipinski definition) is 4. The summed E-state index contributed by atoms with van der Waals surface area (Å²) in [6.45, 7) is 2.00. The van der Waals surface area contributed by atoms with Gasteiger partial charge in [-0.2, -0.15) is 0 Å². The molecule has 0 aromatic heterocycles. The van der Waals surface area contributed by atoms with Gasteiger partial charge in [-0.3, -0.25) is 0 Å². The number of phenolic OH excluding ortho intramolecular Hbond substituents is 1. The largest absolute Gasteiger partial charge is 0.507 e. The first-order valence-corrected chi connectivity index (χ1v) is 6.85. The van der Waals surface area contributed by atoms with Crippen molar-refractivity contribution >= 4 is 5.70 Å². The second-order valence-corrected chi connectivity index (χ2v) is 5.09. The van der Waals surface area contributed by atoms with E-state index >= 15 is 0 Å². The van der Waals surface area contributed by atoms with Gasteiger partial charge in [0.05, 0.1) is 18.8 Å². The molecule has 108 valence electrons. The summed E-state index contributed by atoms with van der Waals surface area (Å²) in [5.41, 5.74) is 10.2. The van der Waals surface area contributed by atoms with Crippen molar-refractivity contribution in [3.63, 3.8) is 0 Å². The average molecular weight is 282 g/mol. The molecule has 21 heavy (non-hydrogen) atoms. The van der Waals surface area contributed by atoms with E-state index in [2.05, 4.69) is 10.9 Å². The SMILES string of the molecule is COc1ccccc1C1C=C(c2cc(C)ccc2O)NN1. The summed E-state index contributed by atoms with van der Waals surface area (Å²) in [6, 6.07) is 13.4. The number of ether oxygens (including phenoxy) is 1. The fourth-order valence-electron chi connectivity index (χ4n) is 2.52. The van der Waals surface area contributed by atoms with Gasteiger partial charge in [0.1, 0.15) is 11.5 Å². The van der Waals surface area contributed by atoms with Gasteiger partial charge in [0.2, 0.25) is 0 Å². The first-order chi connectivity index (χ1) is 10.2. The van der Waals surface area contributed by atoms with E-state index in [1.807, 2.05) is 49.4 Å². The molecular formula is C17H18N2O2. The van der Waals surface area contributed by atoms with Gasteiger partial charge in [-0.15, -0.1) is 0 Å². The fourth-order valence-corrected chi connectivity index (χ4v) is 2.52. The van der Waals surface area contributed by atoms with Gasteiger partial charge in [-0.05, 0) is 31.2 Å². The predicted octanol–water partition coefficient (Wildman–Crippen LogP) is 2.90. The maximum Gasteiger partial charge on any atom is 0.124 e. The van der Waals surface area contributed by atoms with E-state index in [1.54, 1.807) is 13.2 Å². The van der Waals surface area contributed by atoms with Crippen LogP contribution in [0.5, 0.6) is 11.5 Å². The second kappa shape index (κ2) is 5.50. The summed E-state index contributed by atoms with van der Waals surface area (Å²) in [5, 5.41) is 10.0. The molecule has 1 atom stereocenters. The van der Waals surface area contributed by atoms with Crippen LogP contribution in [0.4, 0.5) is 0 Å². The second-order valence-electron chi connectivity index (χ2n) is 5.09. The summed E-state index contributed by atoms with van der Waals surface area (Å²) in [5.74, 6) is 1.10. The summed E-state index contributed by atoms with van der Waals surface area (Å²) in [7, 11) is 1.66. The molecule has 4 heteroatoms. The minimum Gasteiger partial charge on any atom is -0.507 e. The number of nitrogens with one attached hydrogen (secondary N) is 2. The molecule has 0 radical (unpaired) electrons. The average Bonchev–Trinajstić information content (AvgIpc) is 2.99. The van der Waals surface area contributed by atoms with Crippen molar-refractivity contribution in [2.24, 2.45) is 0 Å². The quantitative estimate of drug-likeness (QED) is 0.810. The summed E-state index contributed by atoms with van der Waals surface area (Å²) >= 11 is 0. The Hall–Kier alpha value is -2.46. The topological polar surface area (TPSA) is 53.5 Å². The fraction of sp³-hybridized carbons (Fsp3) is 0.176. The molecule has 1 heterocycles. The van der Waals surface area contributed by atoms with Gasteiger partial charge in [-0.1, -0.05) is 29.8 Å². The van der Waals surface area contributed by atoms with Crippen molar-refractivity contribution in [3.05, 3.63) is 65.2 Å². The standard InChI is InChI=1S/C17H18N2O2/c1-11-7-8-16(20)13(9-11)15-10-14(18-19-15)12-5-3-4-6-17(12)21-2/h3-10,14,18-20H,1-2H3. The van der Waals surface area contributed by atoms with Crippen molar-refractivity contribution < 1.29 is 9.84 Å². The van der Waals surface area contributed by atoms with Crippen LogP contribution in [0.25, 0.3) is 5.70 Å². The van der Waals surface area contributed by atoms with Crippen LogP contribution in [-0.4, -0.2) is 12.2 Å². The third-order valence-corrected chi connectivity index (χ3v) is 3.61. The number of methoxy groups -OCH3 is 1. The molecule has 1 aliphatic heterocycles. The number of rotatable bonds is 3. The minimum atomic E-state index is -0.00365. The number of phenols is 1. The van der Waals surface area contributed by atoms with E-state index in [9.17, 15) is 5.11 Å². The molecule has 0 bridgehead atoms. The highest BCUT2D eigenvalue weighted by molar-refractivity contribution is 5.71. The lowest BCUT2D eigenvalue weighted by Gasteiger charge is -2.13. The highest BCUT2D eigenvalue weighted by Crippen LogP contribution is 2.33. The number of aryl methyl sites for hydroxylation is 1. The number of benzene rings is 2. The van der Waals surface area contributed by atoms with Gasteiger partial charge >= 0.3 is 0 Å². The van der Waals surface area contributed by atoms with E-state index in [-0.39, 0.29) is 11.8 Å². The maximum atomic E-state index is 10.0. The normalized spacial score (nSPS) is 17.2. The molecule has 3 rings (SSSR count). The van der Waals surface area contributed by atoms with Crippen molar-refractivity contribution in [1.29, 1.82) is 0 Å². The smallest absolute Gasteiger partial charge is 0.124 e. The maximum absolute atomic E-state index is 10.0. The molecule has 2 aromatic rings. The zero-order valence-electron chi connectivity index (χ0n) is 12.1. The van der Waals surface area contributed by atoms with Crippen LogP contribution in [0, 0.1) is 6.92 Å². The van der Waals surface area contributed by atoms with Crippen LogP contribution in [-0.2, 0) is 0 Å². The number of hydrazine groups is 1. The highest BCUT2D eigenvalue weighted by atomic mass is 16.5. The third-order valence-electron chi connectivity index (χ3n) is 3.61. The number of para-hydroxylation sites is 1. The van der Waals surface area contributed by atoms with Crippen molar-refractivity contribution in [1.82, 2.24) is 10.9 Å². The molecule has 4 nitrogen and oxygen atoms in total. The molecular weight excluding hydrogens is 264 g/mol. The molecule has 0 aliphatic carbocycles. The van der Waals surface area contributed by atoms with Gasteiger partial charge in [0.15, 0.2) is 0 Å². The van der Waals surface area contributed by atoms with Crippen LogP contribution >= 0.6 is 0 Å². The minimum absolute atomic E-state index is 0.00365. The van der Waals surface area contributed by atoms with E-state index in [1.165, 1.54) is 0 Å². The van der Waals surface area contributed by atoms with Crippen LogP contribution in [0.15, 0.2) is 48.5 Å². The summed E-state index contributed by atoms with van der Waals surface area (Å²) in [4.78, 5) is 0. The predicted molar refractivity (Wildman–Crippen MR) is 82.8 cm³/mol. The lowest BCUT2D eigenvalue weighted by Crippen LogP contribution is -2.26. The van der Waals surface area contributed by atoms with Gasteiger partial charge in [-0.25, -0.2) is 5.43 Å². The number of aromatic hydroxyl groups is 1. The van der Waals surface area contributed by atoms with E-state index in [0.717, 1.165) is 28.1 Å². The van der Waals surface area contributed by atoms with Crippen molar-refractivity contribution in [2.75, 3.05) is 7.11 Å². The van der Waals surface area contributed by atoms with Crippen LogP contribution in [0.2, 0.25) is 0 Å². The molecule has 2 aromatic carbocycles. The van der Waals surface area contributed by atoms with E-state index in [4.69, 9.17) is 4.74 Å². The molecule has 0 saturated carbocycles. The Morgan fingerprint density at radius 3 is 2.76 bits per heavy atom. The van der Waals surface area contributed by atoms with Crippen LogP contribution < -0.4 is 15.6 Å². The Morgan fingerprint density at radius 1 is 1.14 bits per heavy atom. The van der Waals surface area contributed by atoms with E-state index in [0.29, 0.717) is 0 Å². The molecule has 0 fully saturated rings. The van der Waals surface area contributed by atoms with Crippen molar-refractivity contribution in [2.45, 2.75) is 13.0 Å². The van der Waals surface area contributed by atoms with Gasteiger partial charge in [0.25, 0.3) is 0 Å². The molecule has 0 amide bonds. The third kappa shape index (κ3) is 2.58. The Kier molecular flexibility index (Phi) is 3.54. The van der Waals surface area contributed by atoms with Gasteiger partial charge < -0.3 is 15.3 Å². The van der Waals surface area contributed by atoms with Gasteiger partial charge in [0, 0.05) is 11.1 Å².